The number of H-pyrrole nitrogens is 1. The summed E-state index contributed by atoms with van der Waals surface area (Å²) in [6.07, 6.45) is 4.15. The van der Waals surface area contributed by atoms with E-state index in [1.54, 1.807) is 41.6 Å². The van der Waals surface area contributed by atoms with Crippen LogP contribution in [0.2, 0.25) is 5.02 Å². The third-order valence-corrected chi connectivity index (χ3v) is 5.30. The van der Waals surface area contributed by atoms with Crippen molar-refractivity contribution >= 4 is 17.5 Å². The van der Waals surface area contributed by atoms with Gasteiger partial charge in [-0.1, -0.05) is 29.8 Å². The number of likely N-dealkylation sites (tertiary alicyclic amines) is 1. The molecule has 0 saturated carbocycles. The number of rotatable bonds is 3. The summed E-state index contributed by atoms with van der Waals surface area (Å²) in [6, 6.07) is 14.7. The van der Waals surface area contributed by atoms with E-state index >= 15 is 0 Å². The fourth-order valence-electron chi connectivity index (χ4n) is 3.52. The van der Waals surface area contributed by atoms with E-state index < -0.39 is 0 Å². The van der Waals surface area contributed by atoms with Crippen LogP contribution in [0.25, 0.3) is 11.3 Å². The molecule has 0 spiro atoms. The highest BCUT2D eigenvalue weighted by Crippen LogP contribution is 2.32. The number of nitrogens with zero attached hydrogens (tertiary/aromatic N) is 2. The quantitative estimate of drug-likeness (QED) is 0.754. The van der Waals surface area contributed by atoms with Crippen LogP contribution < -0.4 is 5.56 Å². The maximum Gasteiger partial charge on any atom is 0.261 e. The number of aromatic nitrogens is 2. The number of amides is 1. The number of nitrogens with one attached hydrogen (secondary N) is 1. The van der Waals surface area contributed by atoms with Crippen LogP contribution in [0.5, 0.6) is 0 Å². The smallest absolute Gasteiger partial charge is 0.261 e. The van der Waals surface area contributed by atoms with Crippen LogP contribution in [-0.2, 0) is 0 Å². The normalized spacial score (nSPS) is 16.5. The van der Waals surface area contributed by atoms with E-state index in [0.29, 0.717) is 18.8 Å². The van der Waals surface area contributed by atoms with Gasteiger partial charge in [0.25, 0.3) is 11.5 Å². The molecule has 6 heteroatoms. The van der Waals surface area contributed by atoms with Crippen molar-refractivity contribution in [3.63, 3.8) is 0 Å². The third kappa shape index (κ3) is 3.51. The highest BCUT2D eigenvalue weighted by Gasteiger charge is 2.30. The second kappa shape index (κ2) is 7.37. The largest absolute Gasteiger partial charge is 0.338 e. The molecule has 4 rings (SSSR count). The highest BCUT2D eigenvalue weighted by molar-refractivity contribution is 6.31. The summed E-state index contributed by atoms with van der Waals surface area (Å²) >= 11 is 6.29. The minimum atomic E-state index is -0.379. The van der Waals surface area contributed by atoms with Crippen LogP contribution in [0, 0.1) is 0 Å². The molecule has 1 saturated heterocycles. The summed E-state index contributed by atoms with van der Waals surface area (Å²) in [5.41, 5.74) is 2.34. The zero-order chi connectivity index (χ0) is 18.8. The standard InChI is InChI=1S/C21H18ClN3O2/c22-18-4-2-1-3-16(18)15-9-12-25(13-15)21(27)17-5-6-19(24-20(17)26)14-7-10-23-11-8-14/h1-8,10-11,15H,9,12-13H2,(H,24,26). The Morgan fingerprint density at radius 2 is 1.89 bits per heavy atom. The van der Waals surface area contributed by atoms with Gasteiger partial charge in [-0.05, 0) is 42.3 Å². The van der Waals surface area contributed by atoms with Gasteiger partial charge in [-0.2, -0.15) is 0 Å². The van der Waals surface area contributed by atoms with Crippen LogP contribution in [0.3, 0.4) is 0 Å². The first-order chi connectivity index (χ1) is 13.1. The zero-order valence-corrected chi connectivity index (χ0v) is 15.3. The number of carbonyl (C=O) groups excluding carboxylic acids is 1. The fraction of sp³-hybridized carbons (Fsp3) is 0.190. The summed E-state index contributed by atoms with van der Waals surface area (Å²) < 4.78 is 0. The lowest BCUT2D eigenvalue weighted by molar-refractivity contribution is 0.0789. The zero-order valence-electron chi connectivity index (χ0n) is 14.6. The topological polar surface area (TPSA) is 66.1 Å². The van der Waals surface area contributed by atoms with E-state index in [-0.39, 0.29) is 22.9 Å². The van der Waals surface area contributed by atoms with Crippen LogP contribution >= 0.6 is 11.6 Å². The molecule has 1 fully saturated rings. The molecule has 1 aliphatic heterocycles. The molecule has 1 aliphatic rings. The maximum absolute atomic E-state index is 12.8. The number of carbonyl (C=O) groups is 1. The lowest BCUT2D eigenvalue weighted by Gasteiger charge is -2.17. The van der Waals surface area contributed by atoms with Gasteiger partial charge in [0.05, 0.1) is 0 Å². The number of hydrogen-bond acceptors (Lipinski definition) is 3. The van der Waals surface area contributed by atoms with Crippen molar-refractivity contribution in [2.75, 3.05) is 13.1 Å². The minimum absolute atomic E-state index is 0.160. The summed E-state index contributed by atoms with van der Waals surface area (Å²) in [5.74, 6) is -0.0510. The van der Waals surface area contributed by atoms with Gasteiger partial charge >= 0.3 is 0 Å². The Kier molecular flexibility index (Phi) is 4.77. The Morgan fingerprint density at radius 1 is 1.11 bits per heavy atom. The molecule has 1 unspecified atom stereocenters. The van der Waals surface area contributed by atoms with Crippen LogP contribution in [0.15, 0.2) is 65.7 Å². The first kappa shape index (κ1) is 17.5. The van der Waals surface area contributed by atoms with Crippen LogP contribution in [0.1, 0.15) is 28.3 Å². The molecule has 2 aromatic heterocycles. The molecule has 27 heavy (non-hydrogen) atoms. The number of aromatic amines is 1. The van der Waals surface area contributed by atoms with Gasteiger partial charge in [0.2, 0.25) is 0 Å². The molecule has 1 aromatic carbocycles. The molecular weight excluding hydrogens is 362 g/mol. The van der Waals surface area contributed by atoms with Gasteiger partial charge in [0.15, 0.2) is 0 Å². The molecule has 0 aliphatic carbocycles. The van der Waals surface area contributed by atoms with Crippen molar-refractivity contribution < 1.29 is 4.79 Å². The van der Waals surface area contributed by atoms with Gasteiger partial charge in [0.1, 0.15) is 5.56 Å². The van der Waals surface area contributed by atoms with E-state index in [2.05, 4.69) is 9.97 Å². The molecule has 0 radical (unpaired) electrons. The number of halogens is 1. The van der Waals surface area contributed by atoms with E-state index in [9.17, 15) is 9.59 Å². The molecule has 136 valence electrons. The Hall–Kier alpha value is -2.92. The average molecular weight is 380 g/mol. The van der Waals surface area contributed by atoms with E-state index in [1.165, 1.54) is 0 Å². The van der Waals surface area contributed by atoms with E-state index in [1.807, 2.05) is 24.3 Å². The molecule has 5 nitrogen and oxygen atoms in total. The Labute approximate surface area is 161 Å². The number of pyridine rings is 2. The highest BCUT2D eigenvalue weighted by atomic mass is 35.5. The second-order valence-corrected chi connectivity index (χ2v) is 7.02. The summed E-state index contributed by atoms with van der Waals surface area (Å²) in [6.45, 7) is 1.17. The Balaban J connectivity index is 1.54. The number of benzene rings is 1. The minimum Gasteiger partial charge on any atom is -0.338 e. The Morgan fingerprint density at radius 3 is 2.63 bits per heavy atom. The van der Waals surface area contributed by atoms with Gasteiger partial charge in [-0.3, -0.25) is 14.6 Å². The maximum atomic E-state index is 12.8. The molecule has 0 bridgehead atoms. The van der Waals surface area contributed by atoms with Crippen molar-refractivity contribution in [1.82, 2.24) is 14.9 Å². The molecule has 3 heterocycles. The predicted molar refractivity (Wildman–Crippen MR) is 105 cm³/mol. The summed E-state index contributed by atoms with van der Waals surface area (Å²) in [5, 5.41) is 0.719. The predicted octanol–water partition coefficient (Wildman–Crippen LogP) is 3.72. The van der Waals surface area contributed by atoms with Crippen molar-refractivity contribution in [2.24, 2.45) is 0 Å². The van der Waals surface area contributed by atoms with Crippen molar-refractivity contribution in [2.45, 2.75) is 12.3 Å². The second-order valence-electron chi connectivity index (χ2n) is 6.61. The SMILES string of the molecule is O=C(c1ccc(-c2ccncc2)[nH]c1=O)N1CCC(c2ccccc2Cl)C1. The fourth-order valence-corrected chi connectivity index (χ4v) is 3.81. The van der Waals surface area contributed by atoms with Gasteiger partial charge < -0.3 is 9.88 Å². The summed E-state index contributed by atoms with van der Waals surface area (Å²) in [4.78, 5) is 33.8. The first-order valence-electron chi connectivity index (χ1n) is 8.81. The van der Waals surface area contributed by atoms with E-state index in [4.69, 9.17) is 11.6 Å². The lowest BCUT2D eigenvalue weighted by Crippen LogP contribution is -2.33. The lowest BCUT2D eigenvalue weighted by atomic mass is 9.98. The summed E-state index contributed by atoms with van der Waals surface area (Å²) in [7, 11) is 0. The molecule has 1 atom stereocenters. The van der Waals surface area contributed by atoms with Crippen molar-refractivity contribution in [3.05, 3.63) is 87.4 Å². The van der Waals surface area contributed by atoms with Crippen LogP contribution in [-0.4, -0.2) is 33.9 Å². The average Bonchev–Trinajstić information content (AvgIpc) is 3.18. The number of hydrogen-bond donors (Lipinski definition) is 1. The Bertz CT molecular complexity index is 1030. The van der Waals surface area contributed by atoms with Crippen LogP contribution in [0.4, 0.5) is 0 Å². The monoisotopic (exact) mass is 379 g/mol. The van der Waals surface area contributed by atoms with E-state index in [0.717, 1.165) is 22.6 Å². The molecule has 3 aromatic rings. The van der Waals surface area contributed by atoms with Gasteiger partial charge in [-0.15, -0.1) is 0 Å². The van der Waals surface area contributed by atoms with Gasteiger partial charge in [-0.25, -0.2) is 0 Å². The van der Waals surface area contributed by atoms with Gasteiger partial charge in [0, 0.05) is 47.7 Å². The molecule has 1 amide bonds. The third-order valence-electron chi connectivity index (χ3n) is 4.95. The van der Waals surface area contributed by atoms with Crippen molar-refractivity contribution in [1.29, 1.82) is 0 Å². The molecular formula is C21H18ClN3O2. The van der Waals surface area contributed by atoms with Crippen molar-refractivity contribution in [3.8, 4) is 11.3 Å². The molecule has 1 N–H and O–H groups in total. The first-order valence-corrected chi connectivity index (χ1v) is 9.18.